The summed E-state index contributed by atoms with van der Waals surface area (Å²) in [5.74, 6) is 0.803. The first kappa shape index (κ1) is 18.4. The van der Waals surface area contributed by atoms with E-state index in [0.717, 1.165) is 42.7 Å². The van der Waals surface area contributed by atoms with Gasteiger partial charge in [0.05, 0.1) is 16.9 Å². The molecule has 2 N–H and O–H groups in total. The van der Waals surface area contributed by atoms with Crippen LogP contribution in [0.4, 0.5) is 17.3 Å². The molecule has 6 heteroatoms. The zero-order valence-electron chi connectivity index (χ0n) is 15.5. The molecule has 0 aliphatic rings. The lowest BCUT2D eigenvalue weighted by Gasteiger charge is -2.24. The van der Waals surface area contributed by atoms with Crippen LogP contribution in [0.15, 0.2) is 36.4 Å². The second kappa shape index (κ2) is 7.87. The van der Waals surface area contributed by atoms with Gasteiger partial charge in [0.1, 0.15) is 11.3 Å². The van der Waals surface area contributed by atoms with E-state index in [9.17, 15) is 5.11 Å². The quantitative estimate of drug-likeness (QED) is 0.589. The molecular weight excluding hydrogens is 348 g/mol. The molecule has 0 saturated heterocycles. The standard InChI is InChI=1S/C20H25ClN4O/c1-4-11-25(12-5-2)17-8-6-7-15-19(17)23-20(22-15)24(3)16-10-9-14(21)13-18(16)26/h6-10,13,26H,4-5,11-12H2,1-3H3,(H,22,23). The van der Waals surface area contributed by atoms with Crippen molar-refractivity contribution in [2.75, 3.05) is 29.9 Å². The maximum atomic E-state index is 10.2. The number of nitrogens with zero attached hydrogens (tertiary/aromatic N) is 3. The van der Waals surface area contributed by atoms with Crippen molar-refractivity contribution in [3.8, 4) is 5.75 Å². The van der Waals surface area contributed by atoms with Crippen LogP contribution in [0.2, 0.25) is 5.02 Å². The van der Waals surface area contributed by atoms with Gasteiger partial charge in [-0.3, -0.25) is 0 Å². The average Bonchev–Trinajstić information content (AvgIpc) is 3.05. The number of H-pyrrole nitrogens is 1. The number of aromatic nitrogens is 2. The molecule has 0 unspecified atom stereocenters. The molecule has 0 bridgehead atoms. The number of hydrogen-bond donors (Lipinski definition) is 2. The van der Waals surface area contributed by atoms with Crippen molar-refractivity contribution in [2.45, 2.75) is 26.7 Å². The van der Waals surface area contributed by atoms with Gasteiger partial charge in [-0.1, -0.05) is 31.5 Å². The molecular formula is C20H25ClN4O. The van der Waals surface area contributed by atoms with E-state index in [-0.39, 0.29) is 5.75 Å². The summed E-state index contributed by atoms with van der Waals surface area (Å²) in [7, 11) is 1.87. The summed E-state index contributed by atoms with van der Waals surface area (Å²) in [4.78, 5) is 12.4. The van der Waals surface area contributed by atoms with Gasteiger partial charge in [0, 0.05) is 31.2 Å². The van der Waals surface area contributed by atoms with Crippen LogP contribution in [-0.4, -0.2) is 35.2 Å². The Morgan fingerprint density at radius 2 is 1.81 bits per heavy atom. The predicted octanol–water partition coefficient (Wildman–Crippen LogP) is 5.32. The van der Waals surface area contributed by atoms with Crippen LogP contribution in [0, 0.1) is 0 Å². The number of imidazole rings is 1. The third-order valence-electron chi connectivity index (χ3n) is 4.42. The van der Waals surface area contributed by atoms with E-state index in [1.54, 1.807) is 12.1 Å². The molecule has 138 valence electrons. The van der Waals surface area contributed by atoms with E-state index in [0.29, 0.717) is 16.7 Å². The van der Waals surface area contributed by atoms with Gasteiger partial charge in [-0.2, -0.15) is 0 Å². The van der Waals surface area contributed by atoms with Gasteiger partial charge < -0.3 is 19.9 Å². The fourth-order valence-corrected chi connectivity index (χ4v) is 3.37. The number of fused-ring (bicyclic) bond motifs is 1. The van der Waals surface area contributed by atoms with Crippen molar-refractivity contribution in [3.05, 3.63) is 41.4 Å². The van der Waals surface area contributed by atoms with Crippen LogP contribution in [0.1, 0.15) is 26.7 Å². The Morgan fingerprint density at radius 1 is 1.08 bits per heavy atom. The highest BCUT2D eigenvalue weighted by Crippen LogP contribution is 2.34. The third-order valence-corrected chi connectivity index (χ3v) is 4.66. The monoisotopic (exact) mass is 372 g/mol. The molecule has 1 heterocycles. The number of aromatic amines is 1. The molecule has 0 saturated carbocycles. The zero-order valence-corrected chi connectivity index (χ0v) is 16.2. The zero-order chi connectivity index (χ0) is 18.7. The number of hydrogen-bond acceptors (Lipinski definition) is 4. The molecule has 0 amide bonds. The van der Waals surface area contributed by atoms with Crippen molar-refractivity contribution in [3.63, 3.8) is 0 Å². The molecule has 2 aromatic carbocycles. The lowest BCUT2D eigenvalue weighted by molar-refractivity contribution is 0.476. The molecule has 0 fully saturated rings. The Hall–Kier alpha value is -2.40. The van der Waals surface area contributed by atoms with Crippen molar-refractivity contribution < 1.29 is 5.11 Å². The van der Waals surface area contributed by atoms with Crippen LogP contribution in [0.5, 0.6) is 5.75 Å². The van der Waals surface area contributed by atoms with E-state index >= 15 is 0 Å². The highest BCUT2D eigenvalue weighted by molar-refractivity contribution is 6.30. The number of phenolic OH excluding ortho intramolecular Hbond substituents is 1. The Bertz CT molecular complexity index is 887. The molecule has 1 aromatic heterocycles. The summed E-state index contributed by atoms with van der Waals surface area (Å²) in [6, 6.07) is 11.3. The number of para-hydroxylation sites is 1. The third kappa shape index (κ3) is 3.58. The van der Waals surface area contributed by atoms with Gasteiger partial charge in [0.2, 0.25) is 5.95 Å². The molecule has 3 aromatic rings. The molecule has 0 aliphatic carbocycles. The fourth-order valence-electron chi connectivity index (χ4n) is 3.20. The van der Waals surface area contributed by atoms with Crippen molar-refractivity contribution >= 4 is 40.0 Å². The lowest BCUT2D eigenvalue weighted by Crippen LogP contribution is -2.25. The normalized spacial score (nSPS) is 11.1. The van der Waals surface area contributed by atoms with Crippen LogP contribution >= 0.6 is 11.6 Å². The Morgan fingerprint density at radius 3 is 2.46 bits per heavy atom. The van der Waals surface area contributed by atoms with E-state index < -0.39 is 0 Å². The van der Waals surface area contributed by atoms with Crippen LogP contribution < -0.4 is 9.80 Å². The number of nitrogens with one attached hydrogen (secondary N) is 1. The van der Waals surface area contributed by atoms with Gasteiger partial charge in [0.25, 0.3) is 0 Å². The number of phenols is 1. The maximum Gasteiger partial charge on any atom is 0.208 e. The van der Waals surface area contributed by atoms with Gasteiger partial charge in [0.15, 0.2) is 0 Å². The molecule has 0 spiro atoms. The second-order valence-electron chi connectivity index (χ2n) is 6.41. The van der Waals surface area contributed by atoms with Gasteiger partial charge in [-0.25, -0.2) is 4.98 Å². The van der Waals surface area contributed by atoms with Gasteiger partial charge in [-0.05, 0) is 37.1 Å². The van der Waals surface area contributed by atoms with Crippen LogP contribution in [-0.2, 0) is 0 Å². The number of halogens is 1. The molecule has 5 nitrogen and oxygen atoms in total. The summed E-state index contributed by atoms with van der Waals surface area (Å²) in [6.45, 7) is 6.39. The molecule has 0 radical (unpaired) electrons. The topological polar surface area (TPSA) is 55.4 Å². The minimum absolute atomic E-state index is 0.124. The van der Waals surface area contributed by atoms with Crippen LogP contribution in [0.3, 0.4) is 0 Å². The number of aromatic hydroxyl groups is 1. The first-order valence-corrected chi connectivity index (χ1v) is 9.38. The average molecular weight is 373 g/mol. The number of benzene rings is 2. The lowest BCUT2D eigenvalue weighted by atomic mass is 10.2. The van der Waals surface area contributed by atoms with Crippen molar-refractivity contribution in [1.29, 1.82) is 0 Å². The molecule has 26 heavy (non-hydrogen) atoms. The highest BCUT2D eigenvalue weighted by atomic mass is 35.5. The molecule has 3 rings (SSSR count). The minimum Gasteiger partial charge on any atom is -0.506 e. The van der Waals surface area contributed by atoms with Crippen molar-refractivity contribution in [2.24, 2.45) is 0 Å². The van der Waals surface area contributed by atoms with Gasteiger partial charge in [-0.15, -0.1) is 0 Å². The molecule has 0 aliphatic heterocycles. The summed E-state index contributed by atoms with van der Waals surface area (Å²) in [5, 5.41) is 10.7. The summed E-state index contributed by atoms with van der Waals surface area (Å²) in [6.07, 6.45) is 2.18. The predicted molar refractivity (Wildman–Crippen MR) is 110 cm³/mol. The van der Waals surface area contributed by atoms with Gasteiger partial charge >= 0.3 is 0 Å². The second-order valence-corrected chi connectivity index (χ2v) is 6.85. The van der Waals surface area contributed by atoms with Crippen LogP contribution in [0.25, 0.3) is 11.0 Å². The molecule has 0 atom stereocenters. The largest absolute Gasteiger partial charge is 0.506 e. The summed E-state index contributed by atoms with van der Waals surface area (Å²) < 4.78 is 0. The minimum atomic E-state index is 0.124. The van der Waals surface area contributed by atoms with Crippen molar-refractivity contribution in [1.82, 2.24) is 9.97 Å². The van der Waals surface area contributed by atoms with E-state index in [1.807, 2.05) is 18.0 Å². The van der Waals surface area contributed by atoms with E-state index in [4.69, 9.17) is 16.6 Å². The maximum absolute atomic E-state index is 10.2. The Balaban J connectivity index is 2.02. The number of anilines is 3. The summed E-state index contributed by atoms with van der Waals surface area (Å²) in [5.41, 5.74) is 3.72. The first-order chi connectivity index (χ1) is 12.5. The summed E-state index contributed by atoms with van der Waals surface area (Å²) >= 11 is 5.94. The highest BCUT2D eigenvalue weighted by Gasteiger charge is 2.16. The SMILES string of the molecule is CCCN(CCC)c1cccc2[nH]c(N(C)c3ccc(Cl)cc3O)nc12. The smallest absolute Gasteiger partial charge is 0.208 e. The van der Waals surface area contributed by atoms with E-state index in [2.05, 4.69) is 35.9 Å². The number of rotatable bonds is 7. The Kier molecular flexibility index (Phi) is 5.57. The van der Waals surface area contributed by atoms with E-state index in [1.165, 1.54) is 6.07 Å². The first-order valence-electron chi connectivity index (χ1n) is 9.01. The fraction of sp³-hybridized carbons (Fsp3) is 0.350. The Labute approximate surface area is 159 Å².